The number of rotatable bonds is 1. The van der Waals surface area contributed by atoms with Gasteiger partial charge in [-0.1, -0.05) is 6.07 Å². The first-order valence-electron chi connectivity index (χ1n) is 4.98. The fourth-order valence-corrected chi connectivity index (χ4v) is 2.18. The van der Waals surface area contributed by atoms with E-state index in [1.165, 1.54) is 6.39 Å². The molecule has 0 aliphatic rings. The van der Waals surface area contributed by atoms with Gasteiger partial charge in [0.25, 0.3) is 0 Å². The zero-order valence-electron chi connectivity index (χ0n) is 9.01. The summed E-state index contributed by atoms with van der Waals surface area (Å²) in [6.07, 6.45) is 1.43. The molecule has 0 spiro atoms. The fraction of sp³-hybridized carbons (Fsp3) is 0.0909. The second-order valence-electron chi connectivity index (χ2n) is 3.70. The molecule has 0 saturated carbocycles. The maximum atomic E-state index is 5.76. The molecule has 2 aromatic heterocycles. The lowest BCUT2D eigenvalue weighted by Crippen LogP contribution is -1.96. The fourth-order valence-electron chi connectivity index (χ4n) is 1.68. The number of aromatic nitrogens is 3. The highest BCUT2D eigenvalue weighted by molar-refractivity contribution is 9.10. The summed E-state index contributed by atoms with van der Waals surface area (Å²) >= 11 is 3.47. The smallest absolute Gasteiger partial charge is 0.201 e. The zero-order chi connectivity index (χ0) is 12.0. The Morgan fingerprint density at radius 2 is 2.24 bits per heavy atom. The lowest BCUT2D eigenvalue weighted by atomic mass is 10.1. The predicted molar refractivity (Wildman–Crippen MR) is 68.3 cm³/mol. The molecular formula is C11H9BrN4O. The number of oxazole rings is 1. The number of hydrogen-bond donors (Lipinski definition) is 1. The van der Waals surface area contributed by atoms with Gasteiger partial charge in [-0.2, -0.15) is 0 Å². The molecule has 0 fully saturated rings. The summed E-state index contributed by atoms with van der Waals surface area (Å²) in [7, 11) is 1.85. The molecule has 0 unspecified atom stereocenters. The molecule has 1 aromatic carbocycles. The third-order valence-corrected chi connectivity index (χ3v) is 3.57. The van der Waals surface area contributed by atoms with Crippen molar-refractivity contribution >= 4 is 33.0 Å². The van der Waals surface area contributed by atoms with Crippen LogP contribution in [-0.2, 0) is 7.05 Å². The lowest BCUT2D eigenvalue weighted by molar-refractivity contribution is 0.602. The lowest BCUT2D eigenvalue weighted by Gasteiger charge is -1.98. The van der Waals surface area contributed by atoms with E-state index in [4.69, 9.17) is 10.2 Å². The van der Waals surface area contributed by atoms with E-state index in [1.807, 2.05) is 25.2 Å². The summed E-state index contributed by atoms with van der Waals surface area (Å²) in [6.45, 7) is 0. The van der Waals surface area contributed by atoms with Gasteiger partial charge in [-0.15, -0.1) is 0 Å². The Morgan fingerprint density at radius 1 is 1.41 bits per heavy atom. The van der Waals surface area contributed by atoms with Crippen LogP contribution in [0.3, 0.4) is 0 Å². The minimum atomic E-state index is 0.463. The minimum absolute atomic E-state index is 0.463. The Kier molecular flexibility index (Phi) is 2.19. The van der Waals surface area contributed by atoms with Gasteiger partial charge in [-0.25, -0.2) is 9.97 Å². The van der Waals surface area contributed by atoms with Crippen LogP contribution in [0.2, 0.25) is 0 Å². The van der Waals surface area contributed by atoms with Crippen molar-refractivity contribution in [2.75, 3.05) is 5.73 Å². The molecule has 0 atom stereocenters. The van der Waals surface area contributed by atoms with Crippen molar-refractivity contribution in [3.8, 4) is 11.3 Å². The first-order chi connectivity index (χ1) is 8.16. The SMILES string of the molecule is Cn1c(N)nc(-c2ccc3ncoc3c2)c1Br. The maximum Gasteiger partial charge on any atom is 0.201 e. The van der Waals surface area contributed by atoms with Crippen LogP contribution >= 0.6 is 15.9 Å². The van der Waals surface area contributed by atoms with Crippen molar-refractivity contribution in [3.63, 3.8) is 0 Å². The van der Waals surface area contributed by atoms with Gasteiger partial charge in [0.15, 0.2) is 12.0 Å². The third-order valence-electron chi connectivity index (χ3n) is 2.66. The molecule has 0 radical (unpaired) electrons. The van der Waals surface area contributed by atoms with E-state index in [0.717, 1.165) is 27.0 Å². The van der Waals surface area contributed by atoms with Crippen LogP contribution in [0.1, 0.15) is 0 Å². The molecule has 6 heteroatoms. The van der Waals surface area contributed by atoms with Gasteiger partial charge in [0.1, 0.15) is 15.8 Å². The van der Waals surface area contributed by atoms with Gasteiger partial charge in [-0.3, -0.25) is 0 Å². The standard InChI is InChI=1S/C11H9BrN4O/c1-16-10(12)9(15-11(16)13)6-2-3-7-8(4-6)17-5-14-7/h2-5H,1H3,(H2,13,15). The highest BCUT2D eigenvalue weighted by Crippen LogP contribution is 2.30. The van der Waals surface area contributed by atoms with Crippen LogP contribution in [0.5, 0.6) is 0 Å². The number of benzene rings is 1. The van der Waals surface area contributed by atoms with Crippen LogP contribution in [0.15, 0.2) is 33.6 Å². The molecule has 3 aromatic rings. The van der Waals surface area contributed by atoms with Gasteiger partial charge in [0.05, 0.1) is 0 Å². The molecule has 0 amide bonds. The highest BCUT2D eigenvalue weighted by Gasteiger charge is 2.13. The van der Waals surface area contributed by atoms with E-state index in [0.29, 0.717) is 5.95 Å². The van der Waals surface area contributed by atoms with Crippen molar-refractivity contribution in [2.45, 2.75) is 0 Å². The van der Waals surface area contributed by atoms with Gasteiger partial charge < -0.3 is 14.7 Å². The van der Waals surface area contributed by atoms with Crippen LogP contribution in [0.25, 0.3) is 22.4 Å². The quantitative estimate of drug-likeness (QED) is 0.748. The Bertz CT molecular complexity index is 701. The molecule has 3 rings (SSSR count). The van der Waals surface area contributed by atoms with Crippen LogP contribution in [0.4, 0.5) is 5.95 Å². The number of nitrogen functional groups attached to an aromatic ring is 1. The average molecular weight is 293 g/mol. The Morgan fingerprint density at radius 3 is 2.94 bits per heavy atom. The molecule has 0 aliphatic carbocycles. The largest absolute Gasteiger partial charge is 0.443 e. The number of halogens is 1. The number of fused-ring (bicyclic) bond motifs is 1. The van der Waals surface area contributed by atoms with Gasteiger partial charge in [0, 0.05) is 12.6 Å². The zero-order valence-corrected chi connectivity index (χ0v) is 10.6. The maximum absolute atomic E-state index is 5.76. The van der Waals surface area contributed by atoms with Crippen molar-refractivity contribution in [1.29, 1.82) is 0 Å². The normalized spacial score (nSPS) is 11.2. The van der Waals surface area contributed by atoms with Crippen molar-refractivity contribution in [1.82, 2.24) is 14.5 Å². The monoisotopic (exact) mass is 292 g/mol. The summed E-state index contributed by atoms with van der Waals surface area (Å²) in [5.74, 6) is 0.463. The predicted octanol–water partition coefficient (Wildman–Crippen LogP) is 2.57. The van der Waals surface area contributed by atoms with Crippen molar-refractivity contribution in [3.05, 3.63) is 29.2 Å². The molecule has 5 nitrogen and oxygen atoms in total. The molecule has 0 aliphatic heterocycles. The van der Waals surface area contributed by atoms with E-state index in [-0.39, 0.29) is 0 Å². The number of nitrogens with two attached hydrogens (primary N) is 1. The summed E-state index contributed by atoms with van der Waals surface area (Å²) in [4.78, 5) is 8.37. The van der Waals surface area contributed by atoms with E-state index >= 15 is 0 Å². The molecule has 2 N–H and O–H groups in total. The van der Waals surface area contributed by atoms with Crippen LogP contribution in [0, 0.1) is 0 Å². The Labute approximate surface area is 105 Å². The summed E-state index contributed by atoms with van der Waals surface area (Å²) in [5, 5.41) is 0. The van der Waals surface area contributed by atoms with E-state index < -0.39 is 0 Å². The molecule has 0 bridgehead atoms. The van der Waals surface area contributed by atoms with E-state index in [1.54, 1.807) is 4.57 Å². The highest BCUT2D eigenvalue weighted by atomic mass is 79.9. The summed E-state index contributed by atoms with van der Waals surface area (Å²) in [5.41, 5.74) is 9.05. The van der Waals surface area contributed by atoms with Crippen LogP contribution < -0.4 is 5.73 Å². The second kappa shape index (κ2) is 3.59. The van der Waals surface area contributed by atoms with Gasteiger partial charge >= 0.3 is 0 Å². The number of nitrogens with zero attached hydrogens (tertiary/aromatic N) is 3. The van der Waals surface area contributed by atoms with Gasteiger partial charge in [-0.05, 0) is 28.1 Å². The van der Waals surface area contributed by atoms with Crippen molar-refractivity contribution < 1.29 is 4.42 Å². The number of anilines is 1. The second-order valence-corrected chi connectivity index (χ2v) is 4.45. The molecule has 2 heterocycles. The third kappa shape index (κ3) is 1.52. The topological polar surface area (TPSA) is 69.9 Å². The Balaban J connectivity index is 2.22. The molecule has 17 heavy (non-hydrogen) atoms. The summed E-state index contributed by atoms with van der Waals surface area (Å²) < 4.78 is 7.88. The van der Waals surface area contributed by atoms with Crippen molar-refractivity contribution in [2.24, 2.45) is 7.05 Å². The summed E-state index contributed by atoms with van der Waals surface area (Å²) in [6, 6.07) is 5.73. The first-order valence-corrected chi connectivity index (χ1v) is 5.77. The number of hydrogen-bond acceptors (Lipinski definition) is 4. The number of imidazole rings is 1. The Hall–Kier alpha value is -1.82. The molecule has 0 saturated heterocycles. The molecule has 86 valence electrons. The average Bonchev–Trinajstić information content (AvgIpc) is 2.89. The molecular weight excluding hydrogens is 284 g/mol. The minimum Gasteiger partial charge on any atom is -0.443 e. The van der Waals surface area contributed by atoms with Gasteiger partial charge in [0.2, 0.25) is 5.95 Å². The first kappa shape index (κ1) is 10.3. The van der Waals surface area contributed by atoms with E-state index in [2.05, 4.69) is 25.9 Å². The van der Waals surface area contributed by atoms with E-state index in [9.17, 15) is 0 Å². The van der Waals surface area contributed by atoms with Crippen LogP contribution in [-0.4, -0.2) is 14.5 Å².